The molecule has 1 aliphatic heterocycles. The van der Waals surface area contributed by atoms with Crippen molar-refractivity contribution >= 4 is 33.2 Å². The molecule has 1 aromatic rings. The molecule has 1 aromatic carbocycles. The van der Waals surface area contributed by atoms with Gasteiger partial charge < -0.3 is 10.2 Å². The number of benzene rings is 1. The van der Waals surface area contributed by atoms with Crippen LogP contribution in [-0.2, 0) is 14.8 Å². The van der Waals surface area contributed by atoms with Crippen molar-refractivity contribution in [3.63, 3.8) is 0 Å². The van der Waals surface area contributed by atoms with Gasteiger partial charge >= 0.3 is 0 Å². The third-order valence-corrected chi connectivity index (χ3v) is 6.35. The normalized spacial score (nSPS) is 17.7. The third-order valence-electron chi connectivity index (χ3n) is 4.86. The van der Waals surface area contributed by atoms with E-state index in [1.165, 1.54) is 0 Å². The molecule has 1 fully saturated rings. The maximum absolute atomic E-state index is 12.5. The summed E-state index contributed by atoms with van der Waals surface area (Å²) in [5, 5.41) is 3.40. The molecule has 0 aromatic heterocycles. The fraction of sp³-hybridized carbons (Fsp3) is 0.611. The number of sulfonamides is 1. The number of likely N-dealkylation sites (tertiary alicyclic amines) is 1. The number of nitrogens with zero attached hydrogens (tertiary/aromatic N) is 2. The van der Waals surface area contributed by atoms with E-state index in [2.05, 4.69) is 17.3 Å². The number of nitrogens with one attached hydrogen (secondary N) is 1. The standard InChI is InChI=1S/C18H28ClN3O3S/c1-14(18(23)20-11-8-15-9-12-21(2)13-10-15)22(26(3,24)25)17-6-4-16(19)5-7-17/h4-7,14-15H,8-13H2,1-3H3,(H,20,23)/t14-/m0/s1. The average Bonchev–Trinajstić information content (AvgIpc) is 2.57. The molecule has 146 valence electrons. The summed E-state index contributed by atoms with van der Waals surface area (Å²) in [6.45, 7) is 4.34. The van der Waals surface area contributed by atoms with Crippen LogP contribution in [0.5, 0.6) is 0 Å². The topological polar surface area (TPSA) is 69.7 Å². The molecule has 0 aliphatic carbocycles. The number of anilines is 1. The van der Waals surface area contributed by atoms with E-state index in [0.29, 0.717) is 23.2 Å². The minimum atomic E-state index is -3.60. The van der Waals surface area contributed by atoms with E-state index < -0.39 is 16.1 Å². The Morgan fingerprint density at radius 3 is 2.42 bits per heavy atom. The molecule has 0 unspecified atom stereocenters. The Balaban J connectivity index is 1.96. The minimum absolute atomic E-state index is 0.293. The first kappa shape index (κ1) is 21.0. The summed E-state index contributed by atoms with van der Waals surface area (Å²) in [7, 11) is -1.48. The van der Waals surface area contributed by atoms with Gasteiger partial charge in [0.2, 0.25) is 15.9 Å². The van der Waals surface area contributed by atoms with Crippen molar-refractivity contribution < 1.29 is 13.2 Å². The maximum atomic E-state index is 12.5. The summed E-state index contributed by atoms with van der Waals surface area (Å²) in [5.74, 6) is 0.322. The Labute approximate surface area is 161 Å². The molecule has 1 N–H and O–H groups in total. The van der Waals surface area contributed by atoms with Gasteiger partial charge in [0.15, 0.2) is 0 Å². The summed E-state index contributed by atoms with van der Waals surface area (Å²) in [6.07, 6.45) is 4.31. The predicted octanol–water partition coefficient (Wildman–Crippen LogP) is 2.34. The molecule has 6 nitrogen and oxygen atoms in total. The monoisotopic (exact) mass is 401 g/mol. The maximum Gasteiger partial charge on any atom is 0.243 e. The molecule has 2 rings (SSSR count). The van der Waals surface area contributed by atoms with Crippen LogP contribution in [-0.4, -0.2) is 58.2 Å². The number of halogens is 1. The zero-order valence-electron chi connectivity index (χ0n) is 15.6. The Morgan fingerprint density at radius 1 is 1.31 bits per heavy atom. The van der Waals surface area contributed by atoms with E-state index in [1.807, 2.05) is 0 Å². The van der Waals surface area contributed by atoms with E-state index in [9.17, 15) is 13.2 Å². The van der Waals surface area contributed by atoms with Gasteiger partial charge in [-0.3, -0.25) is 9.10 Å². The lowest BCUT2D eigenvalue weighted by Crippen LogP contribution is -2.48. The number of carbonyl (C=O) groups is 1. The molecular formula is C18H28ClN3O3S. The molecule has 1 heterocycles. The molecule has 8 heteroatoms. The highest BCUT2D eigenvalue weighted by Gasteiger charge is 2.29. The van der Waals surface area contributed by atoms with Crippen LogP contribution in [0.1, 0.15) is 26.2 Å². The highest BCUT2D eigenvalue weighted by atomic mass is 35.5. The SMILES string of the molecule is C[C@@H](C(=O)NCCC1CCN(C)CC1)N(c1ccc(Cl)cc1)S(C)(=O)=O. The van der Waals surface area contributed by atoms with Crippen molar-refractivity contribution in [2.45, 2.75) is 32.2 Å². The van der Waals surface area contributed by atoms with Gasteiger partial charge in [-0.25, -0.2) is 8.42 Å². The molecule has 1 amide bonds. The second-order valence-electron chi connectivity index (χ2n) is 7.04. The summed E-state index contributed by atoms with van der Waals surface area (Å²) in [5.41, 5.74) is 0.426. The van der Waals surface area contributed by atoms with Gasteiger partial charge in [-0.15, -0.1) is 0 Å². The Kier molecular flexibility index (Phi) is 7.32. The van der Waals surface area contributed by atoms with E-state index in [1.54, 1.807) is 31.2 Å². The second-order valence-corrected chi connectivity index (χ2v) is 9.33. The van der Waals surface area contributed by atoms with Gasteiger partial charge in [0.1, 0.15) is 6.04 Å². The zero-order valence-corrected chi connectivity index (χ0v) is 17.2. The molecule has 26 heavy (non-hydrogen) atoms. The highest BCUT2D eigenvalue weighted by Crippen LogP contribution is 2.23. The van der Waals surface area contributed by atoms with Crippen molar-refractivity contribution in [1.29, 1.82) is 0 Å². The largest absolute Gasteiger partial charge is 0.354 e. The van der Waals surface area contributed by atoms with Gasteiger partial charge in [-0.1, -0.05) is 11.6 Å². The van der Waals surface area contributed by atoms with Gasteiger partial charge in [-0.05, 0) is 76.5 Å². The Morgan fingerprint density at radius 2 is 1.88 bits per heavy atom. The summed E-state index contributed by atoms with van der Waals surface area (Å²) in [4.78, 5) is 14.8. The van der Waals surface area contributed by atoms with E-state index in [-0.39, 0.29) is 5.91 Å². The third kappa shape index (κ3) is 5.86. The summed E-state index contributed by atoms with van der Waals surface area (Å²) >= 11 is 5.87. The molecule has 1 saturated heterocycles. The van der Waals surface area contributed by atoms with Gasteiger partial charge in [0, 0.05) is 11.6 Å². The zero-order chi connectivity index (χ0) is 19.3. The number of piperidine rings is 1. The summed E-state index contributed by atoms with van der Waals surface area (Å²) < 4.78 is 25.6. The number of carbonyl (C=O) groups excluding carboxylic acids is 1. The summed E-state index contributed by atoms with van der Waals surface area (Å²) in [6, 6.07) is 5.60. The van der Waals surface area contributed by atoms with Gasteiger partial charge in [0.05, 0.1) is 11.9 Å². The Bertz CT molecular complexity index is 701. The first-order valence-electron chi connectivity index (χ1n) is 8.89. The molecular weight excluding hydrogens is 374 g/mol. The minimum Gasteiger partial charge on any atom is -0.354 e. The first-order chi connectivity index (χ1) is 12.2. The fourth-order valence-electron chi connectivity index (χ4n) is 3.29. The molecule has 0 radical (unpaired) electrons. The van der Waals surface area contributed by atoms with Crippen LogP contribution < -0.4 is 9.62 Å². The van der Waals surface area contributed by atoms with Crippen LogP contribution in [0, 0.1) is 5.92 Å². The lowest BCUT2D eigenvalue weighted by Gasteiger charge is -2.30. The van der Waals surface area contributed by atoms with Gasteiger partial charge in [-0.2, -0.15) is 0 Å². The molecule has 0 saturated carbocycles. The quantitative estimate of drug-likeness (QED) is 0.761. The Hall–Kier alpha value is -1.31. The average molecular weight is 402 g/mol. The van der Waals surface area contributed by atoms with Crippen LogP contribution >= 0.6 is 11.6 Å². The number of amides is 1. The molecule has 0 bridgehead atoms. The van der Waals surface area contributed by atoms with Gasteiger partial charge in [0.25, 0.3) is 0 Å². The number of hydrogen-bond acceptors (Lipinski definition) is 4. The molecule has 0 spiro atoms. The fourth-order valence-corrected chi connectivity index (χ4v) is 4.60. The van der Waals surface area contributed by atoms with E-state index in [0.717, 1.165) is 42.9 Å². The first-order valence-corrected chi connectivity index (χ1v) is 11.1. The van der Waals surface area contributed by atoms with Crippen LogP contribution in [0.4, 0.5) is 5.69 Å². The van der Waals surface area contributed by atoms with Crippen LogP contribution in [0.15, 0.2) is 24.3 Å². The van der Waals surface area contributed by atoms with Crippen LogP contribution in [0.3, 0.4) is 0 Å². The number of rotatable bonds is 7. The lowest BCUT2D eigenvalue weighted by atomic mass is 9.94. The van der Waals surface area contributed by atoms with Crippen molar-refractivity contribution in [3.05, 3.63) is 29.3 Å². The van der Waals surface area contributed by atoms with Crippen LogP contribution in [0.2, 0.25) is 5.02 Å². The lowest BCUT2D eigenvalue weighted by molar-refractivity contribution is -0.121. The molecule has 1 aliphatic rings. The smallest absolute Gasteiger partial charge is 0.243 e. The van der Waals surface area contributed by atoms with Crippen molar-refractivity contribution in [2.24, 2.45) is 5.92 Å². The van der Waals surface area contributed by atoms with Crippen molar-refractivity contribution in [3.8, 4) is 0 Å². The van der Waals surface area contributed by atoms with E-state index in [4.69, 9.17) is 11.6 Å². The van der Waals surface area contributed by atoms with E-state index >= 15 is 0 Å². The second kappa shape index (κ2) is 9.06. The highest BCUT2D eigenvalue weighted by molar-refractivity contribution is 7.92. The van der Waals surface area contributed by atoms with Crippen LogP contribution in [0.25, 0.3) is 0 Å². The van der Waals surface area contributed by atoms with Crippen molar-refractivity contribution in [2.75, 3.05) is 37.2 Å². The van der Waals surface area contributed by atoms with Crippen molar-refractivity contribution in [1.82, 2.24) is 10.2 Å². The molecule has 1 atom stereocenters. The predicted molar refractivity (Wildman–Crippen MR) is 106 cm³/mol. The number of hydrogen-bond donors (Lipinski definition) is 1.